The van der Waals surface area contributed by atoms with Crippen molar-refractivity contribution in [3.8, 4) is 11.3 Å². The second-order valence-corrected chi connectivity index (χ2v) is 8.58. The van der Waals surface area contributed by atoms with Crippen LogP contribution in [0.25, 0.3) is 33.1 Å². The Morgan fingerprint density at radius 1 is 1.23 bits per heavy atom. The van der Waals surface area contributed by atoms with Gasteiger partial charge in [-0.2, -0.15) is 10.2 Å². The SMILES string of the molecule is CC(C)(CO)NC(=O)C(C)(C)n1cc2c(N)nc3cc(-c4cc[nH]n4)ccc3c2n1. The summed E-state index contributed by atoms with van der Waals surface area (Å²) in [6, 6.07) is 7.69. The number of aromatic nitrogens is 5. The molecule has 3 aromatic heterocycles. The third-order valence-corrected chi connectivity index (χ3v) is 5.26. The zero-order valence-electron chi connectivity index (χ0n) is 17.4. The third kappa shape index (κ3) is 3.26. The van der Waals surface area contributed by atoms with Gasteiger partial charge in [0.1, 0.15) is 16.9 Å². The van der Waals surface area contributed by atoms with Crippen LogP contribution >= 0.6 is 0 Å². The Morgan fingerprint density at radius 3 is 2.67 bits per heavy atom. The fourth-order valence-electron chi connectivity index (χ4n) is 3.25. The van der Waals surface area contributed by atoms with Crippen LogP contribution in [0.15, 0.2) is 36.7 Å². The van der Waals surface area contributed by atoms with Crippen molar-refractivity contribution in [2.45, 2.75) is 38.8 Å². The van der Waals surface area contributed by atoms with Gasteiger partial charge in [0.25, 0.3) is 0 Å². The molecule has 0 aliphatic carbocycles. The van der Waals surface area contributed by atoms with Crippen molar-refractivity contribution in [2.75, 3.05) is 12.3 Å². The Hall–Kier alpha value is -3.46. The maximum absolute atomic E-state index is 12.9. The van der Waals surface area contributed by atoms with Crippen LogP contribution in [0.2, 0.25) is 0 Å². The zero-order chi connectivity index (χ0) is 21.7. The summed E-state index contributed by atoms with van der Waals surface area (Å²) in [5.74, 6) is 0.0841. The number of aliphatic hydroxyl groups is 1. The van der Waals surface area contributed by atoms with Gasteiger partial charge in [0, 0.05) is 23.3 Å². The van der Waals surface area contributed by atoms with E-state index >= 15 is 0 Å². The van der Waals surface area contributed by atoms with Crippen molar-refractivity contribution in [1.29, 1.82) is 0 Å². The molecule has 0 aliphatic rings. The van der Waals surface area contributed by atoms with Gasteiger partial charge in [0.2, 0.25) is 5.91 Å². The molecule has 0 saturated heterocycles. The summed E-state index contributed by atoms with van der Waals surface area (Å²) in [6.45, 7) is 6.88. The van der Waals surface area contributed by atoms with Crippen molar-refractivity contribution in [3.63, 3.8) is 0 Å². The molecular weight excluding hydrogens is 382 g/mol. The number of carbonyl (C=O) groups excluding carboxylic acids is 1. The van der Waals surface area contributed by atoms with Gasteiger partial charge < -0.3 is 16.2 Å². The number of nitrogen functional groups attached to an aromatic ring is 1. The lowest BCUT2D eigenvalue weighted by Crippen LogP contribution is -2.54. The first-order valence-electron chi connectivity index (χ1n) is 9.65. The summed E-state index contributed by atoms with van der Waals surface area (Å²) in [5.41, 5.74) is 7.59. The number of aliphatic hydroxyl groups excluding tert-OH is 1. The number of nitrogens with two attached hydrogens (primary N) is 1. The summed E-state index contributed by atoms with van der Waals surface area (Å²) in [5, 5.41) is 25.5. The van der Waals surface area contributed by atoms with Crippen molar-refractivity contribution >= 4 is 33.5 Å². The number of amides is 1. The van der Waals surface area contributed by atoms with Gasteiger partial charge in [-0.05, 0) is 45.9 Å². The molecule has 0 unspecified atom stereocenters. The third-order valence-electron chi connectivity index (χ3n) is 5.26. The molecule has 0 saturated carbocycles. The van der Waals surface area contributed by atoms with Crippen LogP contribution in [-0.2, 0) is 10.3 Å². The molecule has 0 fully saturated rings. The van der Waals surface area contributed by atoms with Crippen LogP contribution in [0.1, 0.15) is 27.7 Å². The Bertz CT molecular complexity index is 1240. The number of pyridine rings is 1. The summed E-state index contributed by atoms with van der Waals surface area (Å²) in [6.07, 6.45) is 3.50. The highest BCUT2D eigenvalue weighted by molar-refractivity contribution is 6.08. The number of carbonyl (C=O) groups is 1. The summed E-state index contributed by atoms with van der Waals surface area (Å²) in [4.78, 5) is 17.4. The first-order chi connectivity index (χ1) is 14.1. The first-order valence-corrected chi connectivity index (χ1v) is 9.65. The lowest BCUT2D eigenvalue weighted by molar-refractivity contribution is -0.131. The highest BCUT2D eigenvalue weighted by Gasteiger charge is 2.34. The van der Waals surface area contributed by atoms with E-state index in [9.17, 15) is 9.90 Å². The van der Waals surface area contributed by atoms with Crippen molar-refractivity contribution in [1.82, 2.24) is 30.3 Å². The highest BCUT2D eigenvalue weighted by Crippen LogP contribution is 2.31. The topological polar surface area (TPSA) is 135 Å². The lowest BCUT2D eigenvalue weighted by Gasteiger charge is -2.30. The molecule has 0 atom stereocenters. The van der Waals surface area contributed by atoms with E-state index in [1.165, 1.54) is 0 Å². The van der Waals surface area contributed by atoms with E-state index in [4.69, 9.17) is 10.8 Å². The Balaban J connectivity index is 1.81. The van der Waals surface area contributed by atoms with Gasteiger partial charge in [-0.3, -0.25) is 14.6 Å². The smallest absolute Gasteiger partial charge is 0.247 e. The number of aromatic amines is 1. The molecule has 0 radical (unpaired) electrons. The Morgan fingerprint density at radius 2 is 2.00 bits per heavy atom. The van der Waals surface area contributed by atoms with Crippen LogP contribution < -0.4 is 11.1 Å². The average molecular weight is 407 g/mol. The second-order valence-electron chi connectivity index (χ2n) is 8.58. The van der Waals surface area contributed by atoms with E-state index in [0.717, 1.165) is 16.6 Å². The summed E-state index contributed by atoms with van der Waals surface area (Å²) in [7, 11) is 0. The predicted octanol–water partition coefficient (Wildman–Crippen LogP) is 2.18. The fraction of sp³-hybridized carbons (Fsp3) is 0.333. The van der Waals surface area contributed by atoms with E-state index in [1.807, 2.05) is 24.3 Å². The Labute approximate surface area is 173 Å². The van der Waals surface area contributed by atoms with E-state index in [1.54, 1.807) is 44.8 Å². The maximum atomic E-state index is 12.9. The van der Waals surface area contributed by atoms with E-state index in [-0.39, 0.29) is 12.5 Å². The molecule has 156 valence electrons. The number of benzene rings is 1. The number of hydrogen-bond donors (Lipinski definition) is 4. The normalized spacial score (nSPS) is 12.6. The molecule has 0 spiro atoms. The van der Waals surface area contributed by atoms with Gasteiger partial charge in [-0.1, -0.05) is 6.07 Å². The molecular formula is C21H25N7O2. The highest BCUT2D eigenvalue weighted by atomic mass is 16.3. The van der Waals surface area contributed by atoms with Crippen molar-refractivity contribution in [3.05, 3.63) is 36.7 Å². The lowest BCUT2D eigenvalue weighted by atomic mass is 10.0. The molecule has 9 nitrogen and oxygen atoms in total. The largest absolute Gasteiger partial charge is 0.394 e. The van der Waals surface area contributed by atoms with Crippen molar-refractivity contribution in [2.24, 2.45) is 0 Å². The Kier molecular flexibility index (Phi) is 4.50. The summed E-state index contributed by atoms with van der Waals surface area (Å²) >= 11 is 0. The van der Waals surface area contributed by atoms with E-state index in [0.29, 0.717) is 22.2 Å². The van der Waals surface area contributed by atoms with E-state index in [2.05, 4.69) is 20.5 Å². The first kappa shape index (κ1) is 19.8. The van der Waals surface area contributed by atoms with Crippen LogP contribution in [0.3, 0.4) is 0 Å². The summed E-state index contributed by atoms with van der Waals surface area (Å²) < 4.78 is 1.60. The average Bonchev–Trinajstić information content (AvgIpc) is 3.38. The van der Waals surface area contributed by atoms with Gasteiger partial charge in [-0.25, -0.2) is 4.98 Å². The standard InChI is InChI=1S/C21H25N7O2/c1-20(2,11-29)25-19(30)21(3,4)28-10-14-17(27-28)13-6-5-12(15-7-8-23-26-15)9-16(13)24-18(14)22/h5-10,29H,11H2,1-4H3,(H2,22,24)(H,23,26)(H,25,30). The second kappa shape index (κ2) is 6.81. The van der Waals surface area contributed by atoms with Crippen LogP contribution in [0, 0.1) is 0 Å². The number of hydrogen-bond acceptors (Lipinski definition) is 6. The number of fused-ring (bicyclic) bond motifs is 3. The number of rotatable bonds is 5. The fourth-order valence-corrected chi connectivity index (χ4v) is 3.25. The molecule has 30 heavy (non-hydrogen) atoms. The number of anilines is 1. The van der Waals surface area contributed by atoms with Crippen LogP contribution in [0.4, 0.5) is 5.82 Å². The minimum Gasteiger partial charge on any atom is -0.394 e. The monoisotopic (exact) mass is 407 g/mol. The molecule has 0 aliphatic heterocycles. The maximum Gasteiger partial charge on any atom is 0.247 e. The number of nitrogens with one attached hydrogen (secondary N) is 2. The minimum absolute atomic E-state index is 0.171. The number of H-pyrrole nitrogens is 1. The van der Waals surface area contributed by atoms with Gasteiger partial charge in [0.05, 0.1) is 28.7 Å². The molecule has 1 amide bonds. The quantitative estimate of drug-likeness (QED) is 0.400. The number of nitrogens with zero attached hydrogens (tertiary/aromatic N) is 4. The molecule has 9 heteroatoms. The van der Waals surface area contributed by atoms with Crippen LogP contribution in [0.5, 0.6) is 0 Å². The molecule has 4 rings (SSSR count). The molecule has 0 bridgehead atoms. The zero-order valence-corrected chi connectivity index (χ0v) is 17.4. The molecule has 4 aromatic rings. The van der Waals surface area contributed by atoms with E-state index < -0.39 is 11.1 Å². The van der Waals surface area contributed by atoms with Crippen LogP contribution in [-0.4, -0.2) is 48.1 Å². The molecule has 1 aromatic carbocycles. The van der Waals surface area contributed by atoms with Gasteiger partial charge in [0.15, 0.2) is 0 Å². The van der Waals surface area contributed by atoms with Gasteiger partial charge in [-0.15, -0.1) is 0 Å². The molecule has 5 N–H and O–H groups in total. The molecule has 3 heterocycles. The van der Waals surface area contributed by atoms with Gasteiger partial charge >= 0.3 is 0 Å². The minimum atomic E-state index is -1.00. The predicted molar refractivity (Wildman–Crippen MR) is 116 cm³/mol. The van der Waals surface area contributed by atoms with Crippen molar-refractivity contribution < 1.29 is 9.90 Å².